The summed E-state index contributed by atoms with van der Waals surface area (Å²) in [5.41, 5.74) is 3.76. The number of amides is 4. The molecule has 0 atom stereocenters. The van der Waals surface area contributed by atoms with Crippen molar-refractivity contribution < 1.29 is 18.8 Å². The van der Waals surface area contributed by atoms with Gasteiger partial charge in [-0.1, -0.05) is 11.6 Å². The monoisotopic (exact) mass is 792 g/mol. The predicted octanol–water partition coefficient (Wildman–Crippen LogP) is 4.79. The highest BCUT2D eigenvalue weighted by Crippen LogP contribution is 2.30. The van der Waals surface area contributed by atoms with E-state index in [9.17, 15) is 14.4 Å². The molecule has 3 aliphatic heterocycles. The van der Waals surface area contributed by atoms with Crippen LogP contribution < -0.4 is 30.7 Å². The zero-order valence-electron chi connectivity index (χ0n) is 31.3. The lowest BCUT2D eigenvalue weighted by Crippen LogP contribution is -2.49. The number of hydrogen-bond acceptors (Lipinski definition) is 12. The summed E-state index contributed by atoms with van der Waals surface area (Å²) in [7, 11) is 0. The maximum absolute atomic E-state index is 15.3. The van der Waals surface area contributed by atoms with Crippen LogP contribution in [-0.4, -0.2) is 94.5 Å². The molecule has 2 saturated heterocycles. The van der Waals surface area contributed by atoms with Crippen LogP contribution in [-0.2, 0) is 17.8 Å². The first-order chi connectivity index (χ1) is 27.7. The summed E-state index contributed by atoms with van der Waals surface area (Å²) in [6.45, 7) is 6.19. The van der Waals surface area contributed by atoms with E-state index >= 15 is 4.39 Å². The molecule has 8 rings (SSSR count). The molecule has 0 bridgehead atoms. The minimum absolute atomic E-state index is 0.0233. The molecular weight excluding hydrogens is 751 g/mol. The highest BCUT2D eigenvalue weighted by atomic mass is 35.5. The molecular formula is C40H42ClFN12O3. The molecule has 57 heavy (non-hydrogen) atoms. The van der Waals surface area contributed by atoms with Crippen LogP contribution in [0, 0.1) is 23.2 Å². The lowest BCUT2D eigenvalue weighted by molar-refractivity contribution is -0.120. The quantitative estimate of drug-likeness (QED) is 0.198. The van der Waals surface area contributed by atoms with Crippen LogP contribution >= 0.6 is 11.6 Å². The number of rotatable bonds is 9. The molecule has 294 valence electrons. The molecule has 15 nitrogen and oxygen atoms in total. The Morgan fingerprint density at radius 1 is 0.895 bits per heavy atom. The number of aromatic nitrogens is 4. The van der Waals surface area contributed by atoms with Crippen molar-refractivity contribution in [2.24, 2.45) is 5.92 Å². The standard InChI is InChI=1S/C40H42ClFN12O3/c41-36-26(21-43)3-12-34(49-36)53-15-13-30-32(23-53)44-24-45-38(30)48-33-11-10-31(37(42)47-33)39(56)46-27-4-1-25(2-5-27)22-51-17-19-52(20-18-51)28-6-8-29(9-7-28)54-16-14-35(55)50-40(54)57/h3,6-12,24-25,27H,1-2,4-5,13-20,22-23H2,(H,46,56)(H,50,55,57)(H,44,45,47,48). The fraction of sp³-hybridized carbons (Fsp3) is 0.400. The van der Waals surface area contributed by atoms with E-state index in [2.05, 4.69) is 45.7 Å². The maximum atomic E-state index is 15.3. The summed E-state index contributed by atoms with van der Waals surface area (Å²) in [5, 5.41) is 17.8. The van der Waals surface area contributed by atoms with Gasteiger partial charge in [0.15, 0.2) is 0 Å². The minimum Gasteiger partial charge on any atom is -0.369 e. The van der Waals surface area contributed by atoms with Crippen molar-refractivity contribution in [3.8, 4) is 6.07 Å². The zero-order valence-corrected chi connectivity index (χ0v) is 32.0. The van der Waals surface area contributed by atoms with Gasteiger partial charge in [-0.25, -0.2) is 24.7 Å². The second kappa shape index (κ2) is 16.7. The Kier molecular flexibility index (Phi) is 11.1. The van der Waals surface area contributed by atoms with Gasteiger partial charge in [0, 0.05) is 75.2 Å². The number of carbonyl (C=O) groups is 3. The third kappa shape index (κ3) is 8.59. The van der Waals surface area contributed by atoms with Gasteiger partial charge in [0.1, 0.15) is 35.0 Å². The van der Waals surface area contributed by atoms with Gasteiger partial charge in [-0.3, -0.25) is 24.7 Å². The first kappa shape index (κ1) is 38.0. The molecule has 1 aromatic carbocycles. The fourth-order valence-corrected chi connectivity index (χ4v) is 8.29. The number of hydrogen-bond donors (Lipinski definition) is 3. The summed E-state index contributed by atoms with van der Waals surface area (Å²) < 4.78 is 15.3. The highest BCUT2D eigenvalue weighted by molar-refractivity contribution is 6.30. The Morgan fingerprint density at radius 2 is 1.67 bits per heavy atom. The van der Waals surface area contributed by atoms with Crippen molar-refractivity contribution in [1.82, 2.24) is 35.5 Å². The van der Waals surface area contributed by atoms with Crippen LogP contribution in [0.3, 0.4) is 0 Å². The lowest BCUT2D eigenvalue weighted by atomic mass is 9.85. The van der Waals surface area contributed by atoms with Gasteiger partial charge in [0.05, 0.1) is 23.4 Å². The number of imide groups is 1. The summed E-state index contributed by atoms with van der Waals surface area (Å²) >= 11 is 6.16. The molecule has 4 amide bonds. The Labute approximate surface area is 334 Å². The first-order valence-electron chi connectivity index (χ1n) is 19.3. The number of benzene rings is 1. The topological polar surface area (TPSA) is 176 Å². The number of anilines is 5. The van der Waals surface area contributed by atoms with Crippen molar-refractivity contribution in [3.63, 3.8) is 0 Å². The third-order valence-electron chi connectivity index (χ3n) is 11.3. The maximum Gasteiger partial charge on any atom is 0.328 e. The lowest BCUT2D eigenvalue weighted by Gasteiger charge is -2.39. The highest BCUT2D eigenvalue weighted by Gasteiger charge is 2.29. The smallest absolute Gasteiger partial charge is 0.328 e. The van der Waals surface area contributed by atoms with E-state index in [1.807, 2.05) is 35.2 Å². The van der Waals surface area contributed by atoms with Gasteiger partial charge in [-0.2, -0.15) is 9.65 Å². The molecule has 4 aromatic rings. The molecule has 4 aliphatic rings. The second-order valence-electron chi connectivity index (χ2n) is 14.8. The summed E-state index contributed by atoms with van der Waals surface area (Å²) in [4.78, 5) is 62.6. The summed E-state index contributed by atoms with van der Waals surface area (Å²) in [6.07, 6.45) is 5.98. The number of halogens is 2. The average molecular weight is 793 g/mol. The van der Waals surface area contributed by atoms with Gasteiger partial charge in [-0.05, 0) is 86.6 Å². The normalized spacial score (nSPS) is 20.1. The molecule has 6 heterocycles. The minimum atomic E-state index is -0.855. The van der Waals surface area contributed by atoms with E-state index in [1.165, 1.54) is 12.4 Å². The first-order valence-corrected chi connectivity index (χ1v) is 19.7. The second-order valence-corrected chi connectivity index (χ2v) is 15.2. The Bertz CT molecular complexity index is 2200. The molecule has 0 spiro atoms. The number of nitrogens with zero attached hydrogens (tertiary/aromatic N) is 9. The van der Waals surface area contributed by atoms with Crippen LogP contribution in [0.25, 0.3) is 0 Å². The van der Waals surface area contributed by atoms with E-state index < -0.39 is 11.9 Å². The van der Waals surface area contributed by atoms with Crippen molar-refractivity contribution in [1.29, 1.82) is 5.26 Å². The van der Waals surface area contributed by atoms with E-state index in [4.69, 9.17) is 16.9 Å². The van der Waals surface area contributed by atoms with Crippen molar-refractivity contribution in [3.05, 3.63) is 88.3 Å². The van der Waals surface area contributed by atoms with Gasteiger partial charge < -0.3 is 20.4 Å². The molecule has 0 radical (unpaired) electrons. The number of fused-ring (bicyclic) bond motifs is 1. The van der Waals surface area contributed by atoms with Crippen molar-refractivity contribution in [2.45, 2.75) is 51.1 Å². The largest absolute Gasteiger partial charge is 0.369 e. The SMILES string of the molecule is N#Cc1ccc(N2CCc3c(ncnc3Nc3ccc(C(=O)NC4CCC(CN5CCN(c6ccc(N7CCC(=O)NC7=O)cc6)CC5)CC4)c(F)n3)C2)nc1Cl. The predicted molar refractivity (Wildman–Crippen MR) is 212 cm³/mol. The Hall–Kier alpha value is -5.92. The van der Waals surface area contributed by atoms with E-state index in [0.717, 1.165) is 81.0 Å². The number of carbonyl (C=O) groups excluding carboxylic acids is 3. The molecule has 0 unspecified atom stereocenters. The third-order valence-corrected chi connectivity index (χ3v) is 11.6. The Balaban J connectivity index is 0.781. The van der Waals surface area contributed by atoms with E-state index in [-0.39, 0.29) is 34.5 Å². The number of nitriles is 1. The molecule has 3 aromatic heterocycles. The van der Waals surface area contributed by atoms with Gasteiger partial charge in [0.25, 0.3) is 5.91 Å². The summed E-state index contributed by atoms with van der Waals surface area (Å²) in [5.74, 6) is 0.366. The summed E-state index contributed by atoms with van der Waals surface area (Å²) in [6, 6.07) is 16.0. The van der Waals surface area contributed by atoms with Gasteiger partial charge in [0.2, 0.25) is 11.9 Å². The number of urea groups is 1. The van der Waals surface area contributed by atoms with Crippen LogP contribution in [0.1, 0.15) is 59.3 Å². The zero-order chi connectivity index (χ0) is 39.5. The van der Waals surface area contributed by atoms with Crippen molar-refractivity contribution in [2.75, 3.05) is 65.8 Å². The molecule has 1 aliphatic carbocycles. The van der Waals surface area contributed by atoms with Crippen LogP contribution in [0.2, 0.25) is 5.15 Å². The molecule has 17 heteroatoms. The number of pyridine rings is 2. The molecule has 1 saturated carbocycles. The average Bonchev–Trinajstić information content (AvgIpc) is 3.22. The van der Waals surface area contributed by atoms with Crippen LogP contribution in [0.15, 0.2) is 54.9 Å². The van der Waals surface area contributed by atoms with Crippen molar-refractivity contribution >= 4 is 58.3 Å². The molecule has 3 N–H and O–H groups in total. The fourth-order valence-electron chi connectivity index (χ4n) is 8.10. The van der Waals surface area contributed by atoms with Gasteiger partial charge >= 0.3 is 6.03 Å². The molecule has 3 fully saturated rings. The van der Waals surface area contributed by atoms with Gasteiger partial charge in [-0.15, -0.1) is 0 Å². The van der Waals surface area contributed by atoms with Crippen LogP contribution in [0.4, 0.5) is 38.0 Å². The van der Waals surface area contributed by atoms with Crippen LogP contribution in [0.5, 0.6) is 0 Å². The van der Waals surface area contributed by atoms with E-state index in [0.29, 0.717) is 55.6 Å². The number of piperazine rings is 1. The number of nitrogens with one attached hydrogen (secondary N) is 3. The van der Waals surface area contributed by atoms with E-state index in [1.54, 1.807) is 23.1 Å². The Morgan fingerprint density at radius 3 is 2.39 bits per heavy atom.